The van der Waals surface area contributed by atoms with E-state index in [9.17, 15) is 4.79 Å². The third-order valence-electron chi connectivity index (χ3n) is 5.94. The van der Waals surface area contributed by atoms with Gasteiger partial charge in [-0.3, -0.25) is 0 Å². The van der Waals surface area contributed by atoms with Crippen molar-refractivity contribution in [2.24, 2.45) is 5.73 Å². The molecule has 3 rings (SSSR count). The van der Waals surface area contributed by atoms with Crippen LogP contribution in [0.25, 0.3) is 0 Å². The number of carbonyl (C=O) groups excluding carboxylic acids is 1. The van der Waals surface area contributed by atoms with E-state index in [1.165, 1.54) is 25.5 Å². The summed E-state index contributed by atoms with van der Waals surface area (Å²) in [5.74, 6) is 0.932. The van der Waals surface area contributed by atoms with Crippen LogP contribution in [0.15, 0.2) is 42.4 Å². The fraction of sp³-hybridized carbons (Fsp3) is 0.458. The maximum atomic E-state index is 12.6. The minimum atomic E-state index is -0.137. The van der Waals surface area contributed by atoms with Crippen molar-refractivity contribution in [3.05, 3.63) is 42.4 Å². The predicted octanol–water partition coefficient (Wildman–Crippen LogP) is 1.79. The van der Waals surface area contributed by atoms with Gasteiger partial charge in [0.05, 0.1) is 0 Å². The zero-order chi connectivity index (χ0) is 25.0. The Labute approximate surface area is 209 Å². The van der Waals surface area contributed by atoms with Crippen LogP contribution in [0.4, 0.5) is 27.9 Å². The molecule has 0 aliphatic carbocycles. The molecule has 186 valence electrons. The normalized spacial score (nSPS) is 14.3. The highest BCUT2D eigenvalue weighted by Gasteiger charge is 2.14. The Morgan fingerprint density at radius 2 is 2.03 bits per heavy atom. The first kappa shape index (κ1) is 26.1. The molecule has 2 amide bonds. The Kier molecular flexibility index (Phi) is 10.0. The maximum absolute atomic E-state index is 12.6. The molecule has 0 spiro atoms. The van der Waals surface area contributed by atoms with Gasteiger partial charge < -0.3 is 36.8 Å². The van der Waals surface area contributed by atoms with Crippen molar-refractivity contribution in [1.29, 1.82) is 0 Å². The quantitative estimate of drug-likeness (QED) is 0.311. The van der Waals surface area contributed by atoms with Gasteiger partial charge >= 0.3 is 6.03 Å². The van der Waals surface area contributed by atoms with Gasteiger partial charge in [0.2, 0.25) is 5.95 Å². The van der Waals surface area contributed by atoms with Gasteiger partial charge in [-0.05, 0) is 49.6 Å². The van der Waals surface area contributed by atoms with E-state index < -0.39 is 0 Å². The molecule has 6 N–H and O–H groups in total. The fourth-order valence-electron chi connectivity index (χ4n) is 3.80. The van der Waals surface area contributed by atoms with E-state index in [0.29, 0.717) is 42.4 Å². The van der Waals surface area contributed by atoms with Crippen molar-refractivity contribution in [2.45, 2.75) is 25.7 Å². The highest BCUT2D eigenvalue weighted by Crippen LogP contribution is 2.19. The number of anilines is 4. The summed E-state index contributed by atoms with van der Waals surface area (Å²) in [4.78, 5) is 25.5. The van der Waals surface area contributed by atoms with Crippen LogP contribution in [0.2, 0.25) is 0 Å². The van der Waals surface area contributed by atoms with E-state index in [1.54, 1.807) is 11.1 Å². The predicted molar refractivity (Wildman–Crippen MR) is 144 cm³/mol. The summed E-state index contributed by atoms with van der Waals surface area (Å²) in [6.45, 7) is 4.44. The van der Waals surface area contributed by atoms with Crippen LogP contribution >= 0.6 is 0 Å². The van der Waals surface area contributed by atoms with Crippen LogP contribution < -0.4 is 32.5 Å². The maximum Gasteiger partial charge on any atom is 0.321 e. The number of piperidine rings is 1. The van der Waals surface area contributed by atoms with E-state index in [1.807, 2.05) is 38.4 Å². The molecule has 2 aromatic rings. The van der Waals surface area contributed by atoms with E-state index in [2.05, 4.69) is 36.1 Å². The molecule has 0 saturated carbocycles. The number of nitrogens with two attached hydrogens (primary N) is 1. The number of likely N-dealkylation sites (N-methyl/N-ethyl adjacent to an activating group) is 1. The summed E-state index contributed by atoms with van der Waals surface area (Å²) in [5.41, 5.74) is 8.37. The molecule has 1 fully saturated rings. The van der Waals surface area contributed by atoms with Crippen molar-refractivity contribution in [1.82, 2.24) is 25.1 Å². The highest BCUT2D eigenvalue weighted by molar-refractivity contribution is 6.35. The Hall–Kier alpha value is -3.47. The molecule has 0 bridgehead atoms. The smallest absolute Gasteiger partial charge is 0.321 e. The first-order valence-corrected chi connectivity index (χ1v) is 12.0. The molecule has 2 radical (unpaired) electrons. The number of urea groups is 1. The lowest BCUT2D eigenvalue weighted by atomic mass is 9.99. The van der Waals surface area contributed by atoms with Crippen LogP contribution in [-0.2, 0) is 0 Å². The van der Waals surface area contributed by atoms with Crippen LogP contribution in [0.3, 0.4) is 0 Å². The molecular formula is C24H36BN9O. The van der Waals surface area contributed by atoms with Crippen LogP contribution in [0, 0.1) is 0 Å². The number of hydrogen-bond donors (Lipinski definition) is 5. The molecular weight excluding hydrogens is 441 g/mol. The standard InChI is InChI=1S/C24H36BN9O/c1-27-20(16-26)9-10-28-22-21(25)17-29-23(32-22)30-18-7-6-8-19(15-18)31-24(35)33(2)13-14-34-11-4-3-5-12-34/h6-8,15-17,27H,3-5,9-14,26H2,1-2H3,(H,31,35)(H2,28,29,30,32)/b20-16-. The van der Waals surface area contributed by atoms with E-state index in [-0.39, 0.29) is 6.03 Å². The van der Waals surface area contributed by atoms with Crippen molar-refractivity contribution in [3.8, 4) is 0 Å². The summed E-state index contributed by atoms with van der Waals surface area (Å²) in [6, 6.07) is 7.30. The average Bonchev–Trinajstić information content (AvgIpc) is 2.87. The molecule has 1 aliphatic heterocycles. The molecule has 11 heteroatoms. The van der Waals surface area contributed by atoms with Gasteiger partial charge in [0.15, 0.2) is 0 Å². The van der Waals surface area contributed by atoms with E-state index in [4.69, 9.17) is 13.6 Å². The number of benzene rings is 1. The van der Waals surface area contributed by atoms with Crippen molar-refractivity contribution < 1.29 is 4.79 Å². The van der Waals surface area contributed by atoms with Gasteiger partial charge in [-0.1, -0.05) is 12.5 Å². The van der Waals surface area contributed by atoms with Crippen LogP contribution in [-0.4, -0.2) is 80.5 Å². The summed E-state index contributed by atoms with van der Waals surface area (Å²) >= 11 is 0. The van der Waals surface area contributed by atoms with Gasteiger partial charge in [-0.2, -0.15) is 4.98 Å². The Morgan fingerprint density at radius 1 is 1.26 bits per heavy atom. The molecule has 35 heavy (non-hydrogen) atoms. The summed E-state index contributed by atoms with van der Waals surface area (Å²) in [6.07, 6.45) is 7.59. The fourth-order valence-corrected chi connectivity index (χ4v) is 3.80. The van der Waals surface area contributed by atoms with Crippen molar-refractivity contribution in [3.63, 3.8) is 0 Å². The van der Waals surface area contributed by atoms with Gasteiger partial charge in [0, 0.05) is 69.6 Å². The monoisotopic (exact) mass is 477 g/mol. The molecule has 1 aromatic heterocycles. The minimum Gasteiger partial charge on any atom is -0.403 e. The lowest BCUT2D eigenvalue weighted by Gasteiger charge is -2.28. The first-order valence-electron chi connectivity index (χ1n) is 12.0. The molecule has 2 heterocycles. The molecule has 1 aromatic carbocycles. The highest BCUT2D eigenvalue weighted by atomic mass is 16.2. The number of carbonyl (C=O) groups is 1. The van der Waals surface area contributed by atoms with Gasteiger partial charge in [0.25, 0.3) is 0 Å². The van der Waals surface area contributed by atoms with Gasteiger partial charge in [0.1, 0.15) is 13.7 Å². The number of hydrogen-bond acceptors (Lipinski definition) is 8. The second-order valence-corrected chi connectivity index (χ2v) is 8.58. The topological polar surface area (TPSA) is 123 Å². The third kappa shape index (κ3) is 8.36. The molecule has 10 nitrogen and oxygen atoms in total. The Balaban J connectivity index is 1.54. The first-order chi connectivity index (χ1) is 17.0. The summed E-state index contributed by atoms with van der Waals surface area (Å²) < 4.78 is 0. The molecule has 1 saturated heterocycles. The lowest BCUT2D eigenvalue weighted by Crippen LogP contribution is -2.40. The zero-order valence-corrected chi connectivity index (χ0v) is 20.7. The number of nitrogens with zero attached hydrogens (tertiary/aromatic N) is 4. The van der Waals surface area contributed by atoms with E-state index >= 15 is 0 Å². The molecule has 0 atom stereocenters. The van der Waals surface area contributed by atoms with Crippen LogP contribution in [0.5, 0.6) is 0 Å². The largest absolute Gasteiger partial charge is 0.403 e. The third-order valence-corrected chi connectivity index (χ3v) is 5.94. The lowest BCUT2D eigenvalue weighted by molar-refractivity contribution is 0.192. The second kappa shape index (κ2) is 13.4. The van der Waals surface area contributed by atoms with Crippen molar-refractivity contribution >= 4 is 42.5 Å². The Morgan fingerprint density at radius 3 is 2.77 bits per heavy atom. The summed E-state index contributed by atoms with van der Waals surface area (Å²) in [5, 5.41) is 12.4. The number of aromatic nitrogens is 2. The number of amides is 2. The number of likely N-dealkylation sites (tertiary alicyclic amines) is 1. The minimum absolute atomic E-state index is 0.137. The van der Waals surface area contributed by atoms with Gasteiger partial charge in [-0.25, -0.2) is 9.78 Å². The molecule has 1 aliphatic rings. The molecule has 0 unspecified atom stereocenters. The average molecular weight is 477 g/mol. The van der Waals surface area contributed by atoms with Gasteiger partial charge in [-0.15, -0.1) is 0 Å². The zero-order valence-electron chi connectivity index (χ0n) is 20.7. The van der Waals surface area contributed by atoms with Crippen LogP contribution in [0.1, 0.15) is 25.7 Å². The van der Waals surface area contributed by atoms with Crippen molar-refractivity contribution in [2.75, 3.05) is 62.8 Å². The van der Waals surface area contributed by atoms with E-state index in [0.717, 1.165) is 31.0 Å². The number of rotatable bonds is 11. The Bertz CT molecular complexity index is 995. The second-order valence-electron chi connectivity index (χ2n) is 8.58. The number of nitrogens with one attached hydrogen (secondary N) is 4. The summed E-state index contributed by atoms with van der Waals surface area (Å²) in [7, 11) is 9.66. The SMILES string of the molecule is [B]c1cnc(Nc2cccc(NC(=O)N(C)CCN3CCCCC3)c2)nc1NCC/C(=C/N)NC.